The number of nitrogens with zero attached hydrogens (tertiary/aromatic N) is 5. The van der Waals surface area contributed by atoms with Crippen molar-refractivity contribution in [1.82, 2.24) is 24.3 Å². The van der Waals surface area contributed by atoms with E-state index < -0.39 is 42.2 Å². The van der Waals surface area contributed by atoms with Gasteiger partial charge in [-0.2, -0.15) is 18.9 Å². The second kappa shape index (κ2) is 11.8. The molecule has 10 nitrogen and oxygen atoms in total. The molecule has 0 saturated carbocycles. The van der Waals surface area contributed by atoms with E-state index in [9.17, 15) is 32.3 Å². The monoisotopic (exact) mass is 580 g/mol. The van der Waals surface area contributed by atoms with Crippen molar-refractivity contribution in [3.8, 4) is 16.9 Å². The van der Waals surface area contributed by atoms with Gasteiger partial charge in [0.25, 0.3) is 5.56 Å². The molecule has 0 saturated heterocycles. The van der Waals surface area contributed by atoms with Crippen molar-refractivity contribution in [2.24, 2.45) is 0 Å². The fourth-order valence-electron chi connectivity index (χ4n) is 3.63. The zero-order valence-corrected chi connectivity index (χ0v) is 21.5. The van der Waals surface area contributed by atoms with Crippen LogP contribution in [-0.2, 0) is 17.2 Å². The van der Waals surface area contributed by atoms with Gasteiger partial charge in [0.2, 0.25) is 5.95 Å². The molecule has 0 aliphatic heterocycles. The number of halogens is 5. The summed E-state index contributed by atoms with van der Waals surface area (Å²) in [4.78, 5) is 33.9. The average Bonchev–Trinajstić information content (AvgIpc) is 3.44. The summed E-state index contributed by atoms with van der Waals surface area (Å²) in [6, 6.07) is 5.87. The normalized spacial score (nSPS) is 11.5. The lowest BCUT2D eigenvalue weighted by molar-refractivity contribution is -0.0324. The number of aliphatic hydroxyl groups excluding tert-OH is 1. The lowest BCUT2D eigenvalue weighted by Gasteiger charge is -2.15. The van der Waals surface area contributed by atoms with Crippen LogP contribution >= 0.6 is 11.6 Å². The molecule has 210 valence electrons. The number of esters is 1. The molecule has 3 aromatic heterocycles. The average molecular weight is 581 g/mol. The Balaban J connectivity index is 1.90. The lowest BCUT2D eigenvalue weighted by atomic mass is 10.1. The van der Waals surface area contributed by atoms with Crippen molar-refractivity contribution in [2.45, 2.75) is 19.4 Å². The van der Waals surface area contributed by atoms with Gasteiger partial charge in [-0.25, -0.2) is 23.2 Å². The quantitative estimate of drug-likeness (QED) is 0.211. The number of alkyl halides is 3. The number of carbonyl (C=O) groups is 1. The first-order valence-corrected chi connectivity index (χ1v) is 12.1. The van der Waals surface area contributed by atoms with Crippen molar-refractivity contribution < 1.29 is 32.2 Å². The van der Waals surface area contributed by atoms with E-state index in [-0.39, 0.29) is 46.6 Å². The molecular formula is C25H21ClF4N6O4. The molecule has 2 N–H and O–H groups in total. The Hall–Kier alpha value is -4.30. The van der Waals surface area contributed by atoms with Crippen molar-refractivity contribution >= 4 is 29.2 Å². The van der Waals surface area contributed by atoms with E-state index >= 15 is 0 Å². The van der Waals surface area contributed by atoms with E-state index in [2.05, 4.69) is 20.4 Å². The minimum atomic E-state index is -3.87. The van der Waals surface area contributed by atoms with Crippen molar-refractivity contribution in [2.75, 3.05) is 25.2 Å². The Morgan fingerprint density at radius 1 is 1.25 bits per heavy atom. The molecule has 0 unspecified atom stereocenters. The Labute approximate surface area is 228 Å². The highest BCUT2D eigenvalue weighted by Crippen LogP contribution is 2.30. The van der Waals surface area contributed by atoms with Crippen LogP contribution in [0.3, 0.4) is 0 Å². The number of aliphatic hydroxyl groups is 1. The molecular weight excluding hydrogens is 560 g/mol. The van der Waals surface area contributed by atoms with Crippen LogP contribution in [0.25, 0.3) is 16.9 Å². The van der Waals surface area contributed by atoms with Gasteiger partial charge >= 0.3 is 11.9 Å². The topological polar surface area (TPSA) is 124 Å². The Morgan fingerprint density at radius 2 is 2.02 bits per heavy atom. The predicted octanol–water partition coefficient (Wildman–Crippen LogP) is 4.26. The standard InChI is InChI=1S/C25H21ClF4N6O4/c1-2-40-23(39)16-9-14(12-35(7-8-37)22(16)38)17-11-31-24(32-15-3-4-19(28)18(26)10-15)33-21(17)36-6-5-20(34-36)25(29,30)13-27/h3-6,9-12,37H,2,7-8,13H2,1H3,(H,31,32,33). The smallest absolute Gasteiger partial charge is 0.343 e. The molecule has 0 amide bonds. The molecule has 0 fully saturated rings. The largest absolute Gasteiger partial charge is 0.462 e. The van der Waals surface area contributed by atoms with E-state index in [4.69, 9.17) is 16.3 Å². The van der Waals surface area contributed by atoms with E-state index in [1.54, 1.807) is 6.92 Å². The van der Waals surface area contributed by atoms with Crippen LogP contribution in [0.2, 0.25) is 5.02 Å². The number of anilines is 2. The summed E-state index contributed by atoms with van der Waals surface area (Å²) in [5.74, 6) is -5.62. The van der Waals surface area contributed by atoms with Gasteiger partial charge in [0.15, 0.2) is 12.5 Å². The molecule has 40 heavy (non-hydrogen) atoms. The predicted molar refractivity (Wildman–Crippen MR) is 136 cm³/mol. The Bertz CT molecular complexity index is 1610. The SMILES string of the molecule is CCOC(=O)c1cc(-c2cnc(Nc3ccc(F)c(Cl)c3)nc2-n2ccc(C(F)(F)CF)n2)cn(CCO)c1=O. The molecule has 4 aromatic rings. The van der Waals surface area contributed by atoms with Crippen molar-refractivity contribution in [3.63, 3.8) is 0 Å². The molecule has 0 bridgehead atoms. The van der Waals surface area contributed by atoms with Gasteiger partial charge in [0.05, 0.1) is 18.2 Å². The van der Waals surface area contributed by atoms with Gasteiger partial charge in [-0.05, 0) is 37.3 Å². The zero-order chi connectivity index (χ0) is 29.0. The third-order valence-corrected chi connectivity index (χ3v) is 5.82. The van der Waals surface area contributed by atoms with Gasteiger partial charge in [-0.1, -0.05) is 11.6 Å². The molecule has 3 heterocycles. The summed E-state index contributed by atoms with van der Waals surface area (Å²) >= 11 is 5.83. The third kappa shape index (κ3) is 5.97. The number of rotatable bonds is 10. The van der Waals surface area contributed by atoms with Crippen molar-refractivity contribution in [1.29, 1.82) is 0 Å². The first-order valence-electron chi connectivity index (χ1n) is 11.7. The van der Waals surface area contributed by atoms with Crippen LogP contribution in [0, 0.1) is 5.82 Å². The summed E-state index contributed by atoms with van der Waals surface area (Å²) in [5.41, 5.74) is -1.34. The van der Waals surface area contributed by atoms with Gasteiger partial charge in [-0.3, -0.25) is 4.79 Å². The van der Waals surface area contributed by atoms with Crippen molar-refractivity contribution in [3.05, 3.63) is 81.4 Å². The zero-order valence-electron chi connectivity index (χ0n) is 20.7. The number of pyridine rings is 1. The molecule has 0 aliphatic rings. The molecule has 1 aromatic carbocycles. The highest BCUT2D eigenvalue weighted by molar-refractivity contribution is 6.31. The number of benzene rings is 1. The number of aromatic nitrogens is 5. The van der Waals surface area contributed by atoms with Gasteiger partial charge in [-0.15, -0.1) is 0 Å². The van der Waals surface area contributed by atoms with Crippen LogP contribution in [0.5, 0.6) is 0 Å². The third-order valence-electron chi connectivity index (χ3n) is 5.53. The fourth-order valence-corrected chi connectivity index (χ4v) is 3.81. The molecule has 0 radical (unpaired) electrons. The highest BCUT2D eigenvalue weighted by Gasteiger charge is 2.35. The van der Waals surface area contributed by atoms with Gasteiger partial charge < -0.3 is 19.7 Å². The van der Waals surface area contributed by atoms with Crippen LogP contribution in [0.4, 0.5) is 29.2 Å². The van der Waals surface area contributed by atoms with E-state index in [1.165, 1.54) is 30.6 Å². The van der Waals surface area contributed by atoms with E-state index in [0.717, 1.165) is 27.6 Å². The summed E-state index contributed by atoms with van der Waals surface area (Å²) < 4.78 is 61.6. The number of hydrogen-bond donors (Lipinski definition) is 2. The van der Waals surface area contributed by atoms with E-state index in [1.807, 2.05) is 0 Å². The maximum absolute atomic E-state index is 14.0. The minimum Gasteiger partial charge on any atom is -0.462 e. The number of carbonyl (C=O) groups excluding carboxylic acids is 1. The summed E-state index contributed by atoms with van der Waals surface area (Å²) in [6.45, 7) is -1.03. The molecule has 0 atom stereocenters. The maximum Gasteiger partial charge on any atom is 0.343 e. The Kier molecular flexibility index (Phi) is 8.49. The summed E-state index contributed by atoms with van der Waals surface area (Å²) in [6.07, 6.45) is 3.71. The second-order valence-corrected chi connectivity index (χ2v) is 8.66. The first kappa shape index (κ1) is 28.7. The maximum atomic E-state index is 14.0. The van der Waals surface area contributed by atoms with Crippen LogP contribution in [0.1, 0.15) is 23.0 Å². The summed E-state index contributed by atoms with van der Waals surface area (Å²) in [5, 5.41) is 15.8. The Morgan fingerprint density at radius 3 is 2.70 bits per heavy atom. The fraction of sp³-hybridized carbons (Fsp3) is 0.240. The number of hydrogen-bond acceptors (Lipinski definition) is 8. The number of ether oxygens (including phenoxy) is 1. The lowest BCUT2D eigenvalue weighted by Crippen LogP contribution is -2.28. The molecule has 0 aliphatic carbocycles. The molecule has 4 rings (SSSR count). The van der Waals surface area contributed by atoms with Gasteiger partial charge in [0.1, 0.15) is 17.1 Å². The first-order chi connectivity index (χ1) is 19.1. The van der Waals surface area contributed by atoms with E-state index in [0.29, 0.717) is 5.69 Å². The summed E-state index contributed by atoms with van der Waals surface area (Å²) in [7, 11) is 0. The minimum absolute atomic E-state index is 0.0104. The number of nitrogens with one attached hydrogen (secondary N) is 1. The second-order valence-electron chi connectivity index (χ2n) is 8.25. The van der Waals surface area contributed by atoms with Gasteiger partial charge in [0, 0.05) is 41.9 Å². The molecule has 15 heteroatoms. The van der Waals surface area contributed by atoms with Crippen LogP contribution in [-0.4, -0.2) is 55.3 Å². The van der Waals surface area contributed by atoms with Crippen LogP contribution < -0.4 is 10.9 Å². The molecule has 0 spiro atoms. The highest BCUT2D eigenvalue weighted by atomic mass is 35.5. The van der Waals surface area contributed by atoms with Crippen LogP contribution in [0.15, 0.2) is 53.7 Å².